The Balaban J connectivity index is 1.65. The lowest BCUT2D eigenvalue weighted by molar-refractivity contribution is -0.120. The lowest BCUT2D eigenvalue weighted by Crippen LogP contribution is -2.53. The van der Waals surface area contributed by atoms with Crippen molar-refractivity contribution in [3.05, 3.63) is 64.8 Å². The van der Waals surface area contributed by atoms with Gasteiger partial charge in [-0.25, -0.2) is 0 Å². The third-order valence-electron chi connectivity index (χ3n) is 6.11. The third-order valence-corrected chi connectivity index (χ3v) is 6.35. The van der Waals surface area contributed by atoms with Crippen LogP contribution in [0, 0.1) is 0 Å². The van der Waals surface area contributed by atoms with Crippen LogP contribution in [0.15, 0.2) is 48.7 Å². The Hall–Kier alpha value is -2.34. The zero-order valence-corrected chi connectivity index (χ0v) is 17.8. The summed E-state index contributed by atoms with van der Waals surface area (Å²) >= 11 is 6.22. The average molecular weight is 411 g/mol. The van der Waals surface area contributed by atoms with Gasteiger partial charge in [-0.05, 0) is 55.9 Å². The number of rotatable bonds is 4. The summed E-state index contributed by atoms with van der Waals surface area (Å²) in [6, 6.07) is 13.4. The highest BCUT2D eigenvalue weighted by molar-refractivity contribution is 6.30. The number of halogens is 1. The number of benzene rings is 2. The minimum Gasteiger partial charge on any atom is -0.361 e. The molecule has 4 rings (SSSR count). The summed E-state index contributed by atoms with van der Waals surface area (Å²) in [6.45, 7) is 2.64. The predicted molar refractivity (Wildman–Crippen MR) is 120 cm³/mol. The standard InChI is InChI=1S/C23H27ClN4O/c1-14(19-12-26-20-7-5-4-6-18(19)20)22(25)23(29)28-13-17(27(2)3)11-15-10-16(24)8-9-21(15)28/h4-10,12,14,17,22,26H,11,13,25H2,1-3H3/t14?,17-,22?/m0/s1. The van der Waals surface area contributed by atoms with Gasteiger partial charge < -0.3 is 20.5 Å². The van der Waals surface area contributed by atoms with Crippen LogP contribution in [0.3, 0.4) is 0 Å². The number of carbonyl (C=O) groups excluding carboxylic acids is 1. The number of H-pyrrole nitrogens is 1. The van der Waals surface area contributed by atoms with E-state index in [-0.39, 0.29) is 17.9 Å². The van der Waals surface area contributed by atoms with Crippen LogP contribution < -0.4 is 10.6 Å². The van der Waals surface area contributed by atoms with Gasteiger partial charge in [0.25, 0.3) is 0 Å². The molecule has 2 heterocycles. The largest absolute Gasteiger partial charge is 0.361 e. The summed E-state index contributed by atoms with van der Waals surface area (Å²) in [5, 5.41) is 1.80. The second-order valence-corrected chi connectivity index (χ2v) is 8.58. The molecule has 0 spiro atoms. The van der Waals surface area contributed by atoms with Gasteiger partial charge in [0.1, 0.15) is 0 Å². The van der Waals surface area contributed by atoms with Crippen molar-refractivity contribution < 1.29 is 4.79 Å². The van der Waals surface area contributed by atoms with Crippen LogP contribution in [0.1, 0.15) is 24.0 Å². The molecule has 29 heavy (non-hydrogen) atoms. The number of aromatic amines is 1. The maximum Gasteiger partial charge on any atom is 0.244 e. The summed E-state index contributed by atoms with van der Waals surface area (Å²) < 4.78 is 0. The SMILES string of the molecule is CC(c1c[nH]c2ccccc12)C(N)C(=O)N1C[C@@H](N(C)C)Cc2cc(Cl)ccc21. The maximum atomic E-state index is 13.5. The number of likely N-dealkylation sites (N-methyl/N-ethyl adjacent to an activating group) is 1. The van der Waals surface area contributed by atoms with Crippen molar-refractivity contribution in [3.63, 3.8) is 0 Å². The maximum absolute atomic E-state index is 13.5. The van der Waals surface area contributed by atoms with Crippen LogP contribution in [0.2, 0.25) is 5.02 Å². The molecule has 2 unspecified atom stereocenters. The molecular formula is C23H27ClN4O. The Labute approximate surface area is 176 Å². The minimum absolute atomic E-state index is 0.0575. The smallest absolute Gasteiger partial charge is 0.244 e. The van der Waals surface area contributed by atoms with E-state index in [2.05, 4.69) is 16.0 Å². The van der Waals surface area contributed by atoms with Gasteiger partial charge in [0, 0.05) is 46.3 Å². The molecule has 1 amide bonds. The lowest BCUT2D eigenvalue weighted by Gasteiger charge is -2.39. The predicted octanol–water partition coefficient (Wildman–Crippen LogP) is 3.77. The molecule has 0 saturated heterocycles. The van der Waals surface area contributed by atoms with E-state index in [4.69, 9.17) is 17.3 Å². The summed E-state index contributed by atoms with van der Waals surface area (Å²) in [7, 11) is 4.08. The fourth-order valence-electron chi connectivity index (χ4n) is 4.22. The van der Waals surface area contributed by atoms with Crippen molar-refractivity contribution in [2.45, 2.75) is 31.3 Å². The van der Waals surface area contributed by atoms with Crippen molar-refractivity contribution in [1.29, 1.82) is 0 Å². The molecule has 0 bridgehead atoms. The van der Waals surface area contributed by atoms with E-state index in [1.54, 1.807) is 0 Å². The molecule has 1 aliphatic heterocycles. The molecule has 3 aromatic rings. The quantitative estimate of drug-likeness (QED) is 0.688. The molecular weight excluding hydrogens is 384 g/mol. The van der Waals surface area contributed by atoms with Gasteiger partial charge in [0.15, 0.2) is 0 Å². The molecule has 1 aliphatic rings. The van der Waals surface area contributed by atoms with E-state index >= 15 is 0 Å². The van der Waals surface area contributed by atoms with Gasteiger partial charge in [-0.3, -0.25) is 4.79 Å². The van der Waals surface area contributed by atoms with E-state index in [9.17, 15) is 4.79 Å². The second kappa shape index (κ2) is 7.82. The molecule has 3 atom stereocenters. The van der Waals surface area contributed by atoms with Gasteiger partial charge in [0.2, 0.25) is 5.91 Å². The van der Waals surface area contributed by atoms with Crippen LogP contribution in [0.5, 0.6) is 0 Å². The monoisotopic (exact) mass is 410 g/mol. The Bertz CT molecular complexity index is 1040. The van der Waals surface area contributed by atoms with Gasteiger partial charge in [-0.2, -0.15) is 0 Å². The first-order valence-electron chi connectivity index (χ1n) is 9.94. The molecule has 0 radical (unpaired) electrons. The van der Waals surface area contributed by atoms with Crippen molar-refractivity contribution >= 4 is 34.1 Å². The minimum atomic E-state index is -0.640. The fraction of sp³-hybridized carbons (Fsp3) is 0.348. The number of aromatic nitrogens is 1. The average Bonchev–Trinajstić information content (AvgIpc) is 3.15. The first kappa shape index (κ1) is 20.0. The van der Waals surface area contributed by atoms with Crippen molar-refractivity contribution in [1.82, 2.24) is 9.88 Å². The molecule has 5 nitrogen and oxygen atoms in total. The van der Waals surface area contributed by atoms with E-state index in [1.165, 1.54) is 0 Å². The number of hydrogen-bond acceptors (Lipinski definition) is 3. The van der Waals surface area contributed by atoms with E-state index in [1.807, 2.05) is 68.5 Å². The number of fused-ring (bicyclic) bond motifs is 2. The number of hydrogen-bond donors (Lipinski definition) is 2. The second-order valence-electron chi connectivity index (χ2n) is 8.15. The summed E-state index contributed by atoms with van der Waals surface area (Å²) in [5.41, 5.74) is 10.7. The summed E-state index contributed by atoms with van der Waals surface area (Å²) in [5.74, 6) is -0.174. The first-order valence-corrected chi connectivity index (χ1v) is 10.3. The zero-order valence-electron chi connectivity index (χ0n) is 17.0. The molecule has 1 aromatic heterocycles. The molecule has 2 aromatic carbocycles. The van der Waals surface area contributed by atoms with E-state index in [0.29, 0.717) is 11.6 Å². The topological polar surface area (TPSA) is 65.4 Å². The number of para-hydroxylation sites is 1. The zero-order chi connectivity index (χ0) is 20.7. The van der Waals surface area contributed by atoms with Crippen LogP contribution in [0.4, 0.5) is 5.69 Å². The summed E-state index contributed by atoms with van der Waals surface area (Å²) in [4.78, 5) is 20.8. The Morgan fingerprint density at radius 1 is 1.28 bits per heavy atom. The summed E-state index contributed by atoms with van der Waals surface area (Å²) in [6.07, 6.45) is 2.83. The van der Waals surface area contributed by atoms with Gasteiger partial charge in [-0.15, -0.1) is 0 Å². The van der Waals surface area contributed by atoms with E-state index < -0.39 is 6.04 Å². The molecule has 0 aliphatic carbocycles. The molecule has 0 saturated carbocycles. The van der Waals surface area contributed by atoms with Crippen LogP contribution in [-0.2, 0) is 11.2 Å². The van der Waals surface area contributed by atoms with Crippen LogP contribution in [-0.4, -0.2) is 48.5 Å². The molecule has 6 heteroatoms. The molecule has 152 valence electrons. The van der Waals surface area contributed by atoms with Crippen molar-refractivity contribution in [2.75, 3.05) is 25.5 Å². The van der Waals surface area contributed by atoms with Gasteiger partial charge >= 0.3 is 0 Å². The highest BCUT2D eigenvalue weighted by Gasteiger charge is 2.34. The van der Waals surface area contributed by atoms with Crippen molar-refractivity contribution in [3.8, 4) is 0 Å². The fourth-order valence-corrected chi connectivity index (χ4v) is 4.42. The number of amides is 1. The number of nitrogens with one attached hydrogen (secondary N) is 1. The Kier molecular flexibility index (Phi) is 5.38. The van der Waals surface area contributed by atoms with Gasteiger partial charge in [-0.1, -0.05) is 36.7 Å². The molecule has 3 N–H and O–H groups in total. The molecule has 0 fully saturated rings. The Morgan fingerprint density at radius 2 is 2.03 bits per heavy atom. The lowest BCUT2D eigenvalue weighted by atomic mass is 9.90. The Morgan fingerprint density at radius 3 is 2.79 bits per heavy atom. The van der Waals surface area contributed by atoms with E-state index in [0.717, 1.165) is 34.1 Å². The highest BCUT2D eigenvalue weighted by atomic mass is 35.5. The normalized spacial score (nSPS) is 18.7. The van der Waals surface area contributed by atoms with Crippen molar-refractivity contribution in [2.24, 2.45) is 5.73 Å². The third kappa shape index (κ3) is 3.66. The number of nitrogens with zero attached hydrogens (tertiary/aromatic N) is 2. The van der Waals surface area contributed by atoms with Crippen LogP contribution >= 0.6 is 11.6 Å². The number of anilines is 1. The first-order chi connectivity index (χ1) is 13.9. The van der Waals surface area contributed by atoms with Gasteiger partial charge in [0.05, 0.1) is 6.04 Å². The number of nitrogens with two attached hydrogens (primary N) is 1. The number of carbonyl (C=O) groups is 1. The van der Waals surface area contributed by atoms with Crippen LogP contribution in [0.25, 0.3) is 10.9 Å². The highest BCUT2D eigenvalue weighted by Crippen LogP contribution is 2.33.